The number of rotatable bonds is 3. The van der Waals surface area contributed by atoms with E-state index in [1.165, 1.54) is 6.07 Å². The van der Waals surface area contributed by atoms with Gasteiger partial charge >= 0.3 is 0 Å². The van der Waals surface area contributed by atoms with Crippen molar-refractivity contribution in [3.05, 3.63) is 82.4 Å². The molecule has 0 heterocycles. The van der Waals surface area contributed by atoms with Gasteiger partial charge in [-0.25, -0.2) is 0 Å². The van der Waals surface area contributed by atoms with Crippen LogP contribution in [0.2, 0.25) is 0 Å². The molecule has 0 aliphatic heterocycles. The van der Waals surface area contributed by atoms with Gasteiger partial charge in [0.1, 0.15) is 11.5 Å². The van der Waals surface area contributed by atoms with Gasteiger partial charge < -0.3 is 20.4 Å². The quantitative estimate of drug-likeness (QED) is 0.297. The van der Waals surface area contributed by atoms with E-state index in [1.54, 1.807) is 24.3 Å². The van der Waals surface area contributed by atoms with Gasteiger partial charge in [-0.2, -0.15) is 0 Å². The first-order valence-corrected chi connectivity index (χ1v) is 10.5. The third-order valence-corrected chi connectivity index (χ3v) is 5.66. The normalized spacial score (nSPS) is 12.4. The van der Waals surface area contributed by atoms with Crippen molar-refractivity contribution in [1.29, 1.82) is 0 Å². The largest absolute Gasteiger partial charge is 0.508 e. The van der Waals surface area contributed by atoms with Gasteiger partial charge in [0.25, 0.3) is 0 Å². The van der Waals surface area contributed by atoms with Gasteiger partial charge in [0.2, 0.25) is 0 Å². The van der Waals surface area contributed by atoms with Crippen LogP contribution in [0, 0.1) is 0 Å². The second-order valence-electron chi connectivity index (χ2n) is 10.2. The molecule has 0 amide bonds. The number of hydrogen-bond donors (Lipinski definition) is 4. The first kappa shape index (κ1) is 22.5. The van der Waals surface area contributed by atoms with Gasteiger partial charge in [-0.1, -0.05) is 71.9 Å². The number of hydrogen-bond acceptors (Lipinski definition) is 4. The third kappa shape index (κ3) is 4.63. The first-order chi connectivity index (χ1) is 14.3. The van der Waals surface area contributed by atoms with Crippen LogP contribution >= 0.6 is 0 Å². The number of aromatic hydroxyl groups is 4. The summed E-state index contributed by atoms with van der Waals surface area (Å²) in [6, 6.07) is 16.0. The summed E-state index contributed by atoms with van der Waals surface area (Å²) >= 11 is 0. The molecule has 0 aromatic heterocycles. The lowest BCUT2D eigenvalue weighted by Gasteiger charge is -2.27. The Morgan fingerprint density at radius 1 is 0.484 bits per heavy atom. The molecular formula is C27H32O4. The summed E-state index contributed by atoms with van der Waals surface area (Å²) in [7, 11) is 0. The Morgan fingerprint density at radius 2 is 0.839 bits per heavy atom. The number of phenols is 4. The molecule has 0 unspecified atom stereocenters. The Bertz CT molecular complexity index is 1040. The van der Waals surface area contributed by atoms with E-state index in [0.717, 1.165) is 27.8 Å². The molecule has 0 aliphatic carbocycles. The summed E-state index contributed by atoms with van der Waals surface area (Å²) in [6.45, 7) is 12.3. The maximum absolute atomic E-state index is 10.5. The fourth-order valence-electron chi connectivity index (χ4n) is 3.97. The monoisotopic (exact) mass is 420 g/mol. The van der Waals surface area contributed by atoms with Gasteiger partial charge in [-0.15, -0.1) is 0 Å². The molecule has 0 fully saturated rings. The van der Waals surface area contributed by atoms with Gasteiger partial charge in [0, 0.05) is 5.92 Å². The Kier molecular flexibility index (Phi) is 5.70. The minimum absolute atomic E-state index is 0.176. The smallest absolute Gasteiger partial charge is 0.157 e. The van der Waals surface area contributed by atoms with Crippen molar-refractivity contribution in [3.8, 4) is 23.0 Å². The average Bonchev–Trinajstić information content (AvgIpc) is 2.65. The van der Waals surface area contributed by atoms with Crippen LogP contribution in [0.5, 0.6) is 23.0 Å². The standard InChI is InChI=1S/C27H32O4/c1-26(2,3)19-13-16(7-10-21(19)28)25(18-9-12-23(30)24(31)15-18)17-8-11-22(29)20(14-17)27(4,5)6/h7-15,25,28-31H,1-6H3. The van der Waals surface area contributed by atoms with Crippen molar-refractivity contribution in [3.63, 3.8) is 0 Å². The zero-order valence-corrected chi connectivity index (χ0v) is 19.1. The first-order valence-electron chi connectivity index (χ1n) is 10.5. The predicted octanol–water partition coefficient (Wildman–Crippen LogP) is 6.28. The van der Waals surface area contributed by atoms with Crippen LogP contribution in [0.1, 0.15) is 75.3 Å². The lowest BCUT2D eigenvalue weighted by atomic mass is 9.78. The van der Waals surface area contributed by atoms with Crippen LogP contribution in [0.4, 0.5) is 0 Å². The highest BCUT2D eigenvalue weighted by molar-refractivity contribution is 5.53. The maximum atomic E-state index is 10.5. The van der Waals surface area contributed by atoms with E-state index in [2.05, 4.69) is 0 Å². The van der Waals surface area contributed by atoms with Crippen LogP contribution in [0.15, 0.2) is 54.6 Å². The fraction of sp³-hybridized carbons (Fsp3) is 0.333. The molecule has 0 bridgehead atoms. The van der Waals surface area contributed by atoms with Gasteiger partial charge in [0.05, 0.1) is 0 Å². The number of phenolic OH excluding ortho intramolecular Hbond substituents is 4. The predicted molar refractivity (Wildman–Crippen MR) is 124 cm³/mol. The van der Waals surface area contributed by atoms with Crippen LogP contribution < -0.4 is 0 Å². The minimum atomic E-state index is -0.269. The van der Waals surface area contributed by atoms with Crippen molar-refractivity contribution in [2.45, 2.75) is 58.3 Å². The molecule has 4 N–H and O–H groups in total. The highest BCUT2D eigenvalue weighted by Gasteiger charge is 2.26. The maximum Gasteiger partial charge on any atom is 0.157 e. The van der Waals surface area contributed by atoms with Crippen molar-refractivity contribution in [1.82, 2.24) is 0 Å². The molecule has 3 aromatic carbocycles. The SMILES string of the molecule is CC(C)(C)c1cc(C(c2ccc(O)c(O)c2)c2ccc(O)c(C(C)(C)C)c2)ccc1O. The van der Waals surface area contributed by atoms with Crippen molar-refractivity contribution in [2.24, 2.45) is 0 Å². The summed E-state index contributed by atoms with van der Waals surface area (Å²) in [5.41, 5.74) is 3.82. The molecule has 4 nitrogen and oxygen atoms in total. The van der Waals surface area contributed by atoms with E-state index in [4.69, 9.17) is 0 Å². The van der Waals surface area contributed by atoms with Gasteiger partial charge in [-0.3, -0.25) is 0 Å². The molecule has 164 valence electrons. The van der Waals surface area contributed by atoms with Crippen molar-refractivity contribution < 1.29 is 20.4 Å². The van der Waals surface area contributed by atoms with Crippen molar-refractivity contribution >= 4 is 0 Å². The highest BCUT2D eigenvalue weighted by Crippen LogP contribution is 2.42. The average molecular weight is 421 g/mol. The lowest BCUT2D eigenvalue weighted by Crippen LogP contribution is -2.14. The molecule has 0 aliphatic rings. The zero-order chi connectivity index (χ0) is 23.1. The Hall–Kier alpha value is -3.14. The lowest BCUT2D eigenvalue weighted by molar-refractivity contribution is 0.403. The topological polar surface area (TPSA) is 80.9 Å². The van der Waals surface area contributed by atoms with E-state index in [1.807, 2.05) is 65.8 Å². The molecular weight excluding hydrogens is 388 g/mol. The summed E-state index contributed by atoms with van der Waals surface area (Å²) in [6.07, 6.45) is 0. The van der Waals surface area contributed by atoms with Crippen LogP contribution in [0.3, 0.4) is 0 Å². The molecule has 3 aromatic rings. The van der Waals surface area contributed by atoms with Crippen LogP contribution in [-0.4, -0.2) is 20.4 Å². The molecule has 0 atom stereocenters. The Morgan fingerprint density at radius 3 is 1.19 bits per heavy atom. The molecule has 3 rings (SSSR count). The third-order valence-electron chi connectivity index (χ3n) is 5.66. The van der Waals surface area contributed by atoms with Crippen molar-refractivity contribution in [2.75, 3.05) is 0 Å². The second kappa shape index (κ2) is 7.84. The van der Waals surface area contributed by atoms with Gasteiger partial charge in [-0.05, 0) is 62.9 Å². The molecule has 0 spiro atoms. The molecule has 0 radical (unpaired) electrons. The fourth-order valence-corrected chi connectivity index (χ4v) is 3.97. The highest BCUT2D eigenvalue weighted by atomic mass is 16.3. The summed E-state index contributed by atoms with van der Waals surface area (Å²) in [5.74, 6) is -0.152. The van der Waals surface area contributed by atoms with E-state index in [0.29, 0.717) is 0 Å². The van der Waals surface area contributed by atoms with Gasteiger partial charge in [0.15, 0.2) is 11.5 Å². The molecule has 4 heteroatoms. The summed E-state index contributed by atoms with van der Waals surface area (Å²) in [5, 5.41) is 40.9. The molecule has 31 heavy (non-hydrogen) atoms. The van der Waals surface area contributed by atoms with E-state index < -0.39 is 0 Å². The summed E-state index contributed by atoms with van der Waals surface area (Å²) in [4.78, 5) is 0. The summed E-state index contributed by atoms with van der Waals surface area (Å²) < 4.78 is 0. The zero-order valence-electron chi connectivity index (χ0n) is 19.1. The number of benzene rings is 3. The molecule has 0 saturated carbocycles. The second-order valence-corrected chi connectivity index (χ2v) is 10.2. The van der Waals surface area contributed by atoms with E-state index in [-0.39, 0.29) is 39.7 Å². The minimum Gasteiger partial charge on any atom is -0.508 e. The Labute approximate surface area is 184 Å². The van der Waals surface area contributed by atoms with Crippen LogP contribution in [-0.2, 0) is 10.8 Å². The van der Waals surface area contributed by atoms with E-state index >= 15 is 0 Å². The Balaban J connectivity index is 2.29. The molecule has 0 saturated heterocycles. The van der Waals surface area contributed by atoms with Crippen LogP contribution in [0.25, 0.3) is 0 Å². The van der Waals surface area contributed by atoms with E-state index in [9.17, 15) is 20.4 Å².